The number of tetrazole rings is 1. The van der Waals surface area contributed by atoms with Crippen LogP contribution in [0.1, 0.15) is 43.2 Å². The highest BCUT2D eigenvalue weighted by atomic mass is 32.2. The number of ether oxygens (including phenoxy) is 1. The summed E-state index contributed by atoms with van der Waals surface area (Å²) in [6.45, 7) is 5.30. The number of aryl methyl sites for hydroxylation is 1. The second-order valence-corrected chi connectivity index (χ2v) is 17.1. The summed E-state index contributed by atoms with van der Waals surface area (Å²) in [6.07, 6.45) is 3.68. The van der Waals surface area contributed by atoms with E-state index in [0.717, 1.165) is 16.7 Å². The number of hydrogen-bond donors (Lipinski definition) is 2. The maximum atomic E-state index is 14.0. The van der Waals surface area contributed by atoms with Crippen LogP contribution in [-0.4, -0.2) is 89.9 Å². The molecule has 7 rings (SSSR count). The van der Waals surface area contributed by atoms with E-state index in [2.05, 4.69) is 67.7 Å². The Kier molecular flexibility index (Phi) is 12.1. The Morgan fingerprint density at radius 3 is 2.16 bits per heavy atom. The van der Waals surface area contributed by atoms with Gasteiger partial charge in [0, 0.05) is 28.8 Å². The van der Waals surface area contributed by atoms with E-state index in [-0.39, 0.29) is 17.1 Å². The van der Waals surface area contributed by atoms with Crippen molar-refractivity contribution in [2.24, 2.45) is 12.2 Å². The van der Waals surface area contributed by atoms with E-state index in [4.69, 9.17) is 14.6 Å². The number of oxime groups is 1. The van der Waals surface area contributed by atoms with Crippen molar-refractivity contribution in [1.82, 2.24) is 35.4 Å². The molecule has 5 aromatic rings. The van der Waals surface area contributed by atoms with Gasteiger partial charge in [-0.2, -0.15) is 0 Å². The molecule has 2 aliphatic rings. The number of anilines is 1. The molecular formula is C41H41N9O5S3. The molecule has 2 unspecified atom stereocenters. The van der Waals surface area contributed by atoms with Crippen molar-refractivity contribution in [1.29, 1.82) is 0 Å². The lowest BCUT2D eigenvalue weighted by atomic mass is 9.77. The third-order valence-electron chi connectivity index (χ3n) is 9.20. The highest BCUT2D eigenvalue weighted by Gasteiger charge is 2.54. The number of thioether (sulfide) groups is 2. The van der Waals surface area contributed by atoms with Gasteiger partial charge in [-0.05, 0) is 54.0 Å². The molecule has 2 aromatic heterocycles. The Balaban J connectivity index is 1.12. The third-order valence-corrected chi connectivity index (χ3v) is 12.1. The molecule has 58 heavy (non-hydrogen) atoms. The molecular weight excluding hydrogens is 795 g/mol. The first kappa shape index (κ1) is 40.4. The van der Waals surface area contributed by atoms with Crippen molar-refractivity contribution >= 4 is 63.5 Å². The Hall–Kier alpha value is -5.78. The van der Waals surface area contributed by atoms with Crippen molar-refractivity contribution in [3.05, 3.63) is 142 Å². The van der Waals surface area contributed by atoms with Crippen LogP contribution in [0.15, 0.2) is 129 Å². The van der Waals surface area contributed by atoms with Gasteiger partial charge in [-0.25, -0.2) is 14.5 Å². The molecule has 4 heterocycles. The molecule has 0 radical (unpaired) electrons. The number of esters is 1. The van der Waals surface area contributed by atoms with Gasteiger partial charge in [0.2, 0.25) is 5.16 Å². The predicted molar refractivity (Wildman–Crippen MR) is 225 cm³/mol. The van der Waals surface area contributed by atoms with Gasteiger partial charge in [0.25, 0.3) is 11.8 Å². The number of nitrogens with zero attached hydrogens (tertiary/aromatic N) is 7. The highest BCUT2D eigenvalue weighted by molar-refractivity contribution is 8.03. The van der Waals surface area contributed by atoms with Gasteiger partial charge in [-0.3, -0.25) is 14.5 Å². The fraction of sp³-hybridized carbons (Fsp3) is 0.268. The molecule has 2 aliphatic heterocycles. The summed E-state index contributed by atoms with van der Waals surface area (Å²) < 4.78 is 7.31. The number of amides is 2. The smallest absolute Gasteiger partial charge is 0.356 e. The predicted octanol–water partition coefficient (Wildman–Crippen LogP) is 5.77. The van der Waals surface area contributed by atoms with E-state index in [1.165, 1.54) is 46.9 Å². The Bertz CT molecular complexity index is 2260. The standard InChI is InChI=1S/C41H41N9O5S3/c1-40(2,3)55-37(53)34-31(22-15-23-56-39-45-47-48-49(39)4)57-25-30-33(36(52)50(30)34)43-35(51)32(46-54-5)29-24-58-38(42-29)44-41(26-16-9-6-10-17-26,27-18-11-7-12-19-27)28-20-13-8-14-21-28/h6-22,24,30,33H,23,25H2,1-5H3,(H,42,44)(H,43,51)/b22-15+,46-32-. The molecule has 2 N–H and O–H groups in total. The van der Waals surface area contributed by atoms with Crippen LogP contribution in [0, 0.1) is 0 Å². The molecule has 17 heteroatoms. The first-order valence-corrected chi connectivity index (χ1v) is 21.1. The fourth-order valence-corrected chi connectivity index (χ4v) is 9.28. The quantitative estimate of drug-likeness (QED) is 0.0347. The molecule has 0 spiro atoms. The number of carbonyl (C=O) groups is 3. The summed E-state index contributed by atoms with van der Waals surface area (Å²) >= 11 is 4.15. The summed E-state index contributed by atoms with van der Waals surface area (Å²) in [5.74, 6) is -0.775. The van der Waals surface area contributed by atoms with Crippen LogP contribution in [0.25, 0.3) is 0 Å². The molecule has 0 saturated carbocycles. The van der Waals surface area contributed by atoms with E-state index in [1.54, 1.807) is 44.0 Å². The largest absolute Gasteiger partial charge is 0.455 e. The number of nitrogens with one attached hydrogen (secondary N) is 2. The SMILES string of the molecule is CO/N=C(\C(=O)NC1C(=O)N2C(C(=O)OC(C)(C)C)=C(/C=C/CSc3nnnn3C)SCC12)c1csc(NC(c2ccccc2)(c2ccccc2)c2ccccc2)n1. The minimum absolute atomic E-state index is 0.103. The molecule has 2 atom stereocenters. The minimum Gasteiger partial charge on any atom is -0.455 e. The van der Waals surface area contributed by atoms with Gasteiger partial charge >= 0.3 is 5.97 Å². The fourth-order valence-electron chi connectivity index (χ4n) is 6.67. The number of carbonyl (C=O) groups excluding carboxylic acids is 3. The molecule has 0 aliphatic carbocycles. The van der Waals surface area contributed by atoms with Crippen LogP contribution in [0.4, 0.5) is 5.13 Å². The number of aromatic nitrogens is 5. The lowest BCUT2D eigenvalue weighted by Crippen LogP contribution is -2.73. The molecule has 14 nitrogen and oxygen atoms in total. The van der Waals surface area contributed by atoms with Crippen LogP contribution < -0.4 is 10.6 Å². The summed E-state index contributed by atoms with van der Waals surface area (Å²) in [6, 6.07) is 28.9. The number of benzene rings is 3. The van der Waals surface area contributed by atoms with Crippen LogP contribution >= 0.6 is 34.9 Å². The van der Waals surface area contributed by atoms with Crippen LogP contribution in [0.2, 0.25) is 0 Å². The lowest BCUT2D eigenvalue weighted by Gasteiger charge is -2.50. The number of β-lactam (4-membered cyclic amide) rings is 1. The molecule has 0 bridgehead atoms. The van der Waals surface area contributed by atoms with Crippen molar-refractivity contribution < 1.29 is 24.0 Å². The number of fused-ring (bicyclic) bond motifs is 1. The first-order valence-electron chi connectivity index (χ1n) is 18.3. The van der Waals surface area contributed by atoms with E-state index >= 15 is 0 Å². The van der Waals surface area contributed by atoms with Crippen molar-refractivity contribution in [3.8, 4) is 0 Å². The zero-order valence-electron chi connectivity index (χ0n) is 32.4. The number of thiazole rings is 1. The van der Waals surface area contributed by atoms with Gasteiger partial charge in [-0.1, -0.05) is 114 Å². The molecule has 1 fully saturated rings. The summed E-state index contributed by atoms with van der Waals surface area (Å²) in [5, 5.41) is 25.0. The van der Waals surface area contributed by atoms with E-state index in [1.807, 2.05) is 60.7 Å². The normalized spacial score (nSPS) is 17.2. The average molecular weight is 836 g/mol. The Morgan fingerprint density at radius 1 is 0.983 bits per heavy atom. The lowest BCUT2D eigenvalue weighted by molar-refractivity contribution is -0.160. The van der Waals surface area contributed by atoms with Crippen LogP contribution in [-0.2, 0) is 36.5 Å². The second kappa shape index (κ2) is 17.4. The topological polar surface area (TPSA) is 166 Å². The number of allylic oxidation sites excluding steroid dienone is 1. The third kappa shape index (κ3) is 8.42. The van der Waals surface area contributed by atoms with Gasteiger partial charge < -0.3 is 20.2 Å². The zero-order chi connectivity index (χ0) is 40.9. The van der Waals surface area contributed by atoms with E-state index in [0.29, 0.717) is 26.7 Å². The summed E-state index contributed by atoms with van der Waals surface area (Å²) in [7, 11) is 3.09. The molecule has 1 saturated heterocycles. The van der Waals surface area contributed by atoms with Crippen LogP contribution in [0.3, 0.4) is 0 Å². The van der Waals surface area contributed by atoms with E-state index in [9.17, 15) is 14.4 Å². The van der Waals surface area contributed by atoms with E-state index < -0.39 is 41.0 Å². The second-order valence-electron chi connectivity index (χ2n) is 14.2. The highest BCUT2D eigenvalue weighted by Crippen LogP contribution is 2.42. The summed E-state index contributed by atoms with van der Waals surface area (Å²) in [5.41, 5.74) is 1.60. The molecule has 3 aromatic carbocycles. The van der Waals surface area contributed by atoms with Crippen molar-refractivity contribution in [2.75, 3.05) is 23.9 Å². The maximum absolute atomic E-state index is 14.0. The van der Waals surface area contributed by atoms with Crippen LogP contribution in [0.5, 0.6) is 0 Å². The monoisotopic (exact) mass is 835 g/mol. The maximum Gasteiger partial charge on any atom is 0.356 e. The molecule has 298 valence electrons. The van der Waals surface area contributed by atoms with Gasteiger partial charge in [0.05, 0.1) is 6.04 Å². The van der Waals surface area contributed by atoms with Gasteiger partial charge in [-0.15, -0.1) is 28.2 Å². The number of hydrogen-bond acceptors (Lipinski definition) is 14. The van der Waals surface area contributed by atoms with Crippen molar-refractivity contribution in [3.63, 3.8) is 0 Å². The van der Waals surface area contributed by atoms with Gasteiger partial charge in [0.1, 0.15) is 35.7 Å². The summed E-state index contributed by atoms with van der Waals surface area (Å²) in [4.78, 5) is 53.5. The Morgan fingerprint density at radius 2 is 1.60 bits per heavy atom. The van der Waals surface area contributed by atoms with Crippen molar-refractivity contribution in [2.45, 2.75) is 49.2 Å². The average Bonchev–Trinajstić information content (AvgIpc) is 3.87. The minimum atomic E-state index is -0.929. The molecule has 2 amide bonds. The zero-order valence-corrected chi connectivity index (χ0v) is 34.8. The Labute approximate surface area is 348 Å². The number of rotatable bonds is 14. The first-order chi connectivity index (χ1) is 28.0. The van der Waals surface area contributed by atoms with Gasteiger partial charge in [0.15, 0.2) is 10.8 Å².